The first-order chi connectivity index (χ1) is 10.3. The highest BCUT2D eigenvalue weighted by Gasteiger charge is 2.04. The number of hydrogen-bond acceptors (Lipinski definition) is 3. The Labute approximate surface area is 127 Å². The van der Waals surface area contributed by atoms with E-state index in [1.807, 2.05) is 12.1 Å². The number of carbonyl (C=O) groups excluding carboxylic acids is 1. The van der Waals surface area contributed by atoms with Crippen LogP contribution in [0.2, 0.25) is 0 Å². The highest BCUT2D eigenvalue weighted by molar-refractivity contribution is 5.94. The summed E-state index contributed by atoms with van der Waals surface area (Å²) in [5, 5.41) is 2.86. The monoisotopic (exact) mass is 293 g/mol. The van der Waals surface area contributed by atoms with Crippen molar-refractivity contribution >= 4 is 5.91 Å². The maximum atomic E-state index is 11.9. The van der Waals surface area contributed by atoms with Crippen LogP contribution in [0, 0.1) is 0 Å². The average Bonchev–Trinajstić information content (AvgIpc) is 2.52. The third-order valence-corrected chi connectivity index (χ3v) is 3.19. The largest absolute Gasteiger partial charge is 0.494 e. The van der Waals surface area contributed by atoms with Gasteiger partial charge in [-0.3, -0.25) is 4.79 Å². The lowest BCUT2D eigenvalue weighted by atomic mass is 10.2. The SMILES string of the molecule is CCCCCCOc1ccc(C(=O)NCCCOC)cc1. The molecule has 4 nitrogen and oxygen atoms in total. The maximum absolute atomic E-state index is 11.9. The summed E-state index contributed by atoms with van der Waals surface area (Å²) in [4.78, 5) is 11.9. The van der Waals surface area contributed by atoms with Crippen molar-refractivity contribution in [2.24, 2.45) is 0 Å². The van der Waals surface area contributed by atoms with Gasteiger partial charge in [0.25, 0.3) is 5.91 Å². The molecule has 1 amide bonds. The minimum absolute atomic E-state index is 0.0550. The quantitative estimate of drug-likeness (QED) is 0.636. The van der Waals surface area contributed by atoms with Gasteiger partial charge in [0, 0.05) is 25.8 Å². The summed E-state index contributed by atoms with van der Waals surface area (Å²) >= 11 is 0. The molecule has 4 heteroatoms. The van der Waals surface area contributed by atoms with Crippen LogP contribution >= 0.6 is 0 Å². The molecule has 1 N–H and O–H groups in total. The molecule has 0 saturated heterocycles. The smallest absolute Gasteiger partial charge is 0.251 e. The normalized spacial score (nSPS) is 10.4. The Morgan fingerprint density at radius 1 is 1.05 bits per heavy atom. The highest BCUT2D eigenvalue weighted by Crippen LogP contribution is 2.13. The number of ether oxygens (including phenoxy) is 2. The average molecular weight is 293 g/mol. The Balaban J connectivity index is 2.27. The second-order valence-corrected chi connectivity index (χ2v) is 5.04. The Kier molecular flexibility index (Phi) is 9.29. The fourth-order valence-corrected chi connectivity index (χ4v) is 1.94. The molecular weight excluding hydrogens is 266 g/mol. The van der Waals surface area contributed by atoms with Crippen LogP contribution in [0.5, 0.6) is 5.75 Å². The molecule has 1 aromatic carbocycles. The molecule has 0 saturated carbocycles. The van der Waals surface area contributed by atoms with E-state index in [1.165, 1.54) is 19.3 Å². The van der Waals surface area contributed by atoms with Crippen molar-refractivity contribution in [1.29, 1.82) is 0 Å². The first-order valence-corrected chi connectivity index (χ1v) is 7.78. The van der Waals surface area contributed by atoms with Crippen LogP contribution < -0.4 is 10.1 Å². The number of hydrogen-bond donors (Lipinski definition) is 1. The maximum Gasteiger partial charge on any atom is 0.251 e. The van der Waals surface area contributed by atoms with Gasteiger partial charge in [-0.05, 0) is 37.1 Å². The second-order valence-electron chi connectivity index (χ2n) is 5.04. The standard InChI is InChI=1S/C17H27NO3/c1-3-4-5-6-14-21-16-10-8-15(9-11-16)17(19)18-12-7-13-20-2/h8-11H,3-7,12-14H2,1-2H3,(H,18,19). The number of amides is 1. The highest BCUT2D eigenvalue weighted by atomic mass is 16.5. The van der Waals surface area contributed by atoms with Crippen LogP contribution in [0.3, 0.4) is 0 Å². The number of benzene rings is 1. The van der Waals surface area contributed by atoms with Crippen molar-refractivity contribution in [3.8, 4) is 5.75 Å². The Morgan fingerprint density at radius 2 is 1.81 bits per heavy atom. The minimum Gasteiger partial charge on any atom is -0.494 e. The molecule has 118 valence electrons. The molecule has 21 heavy (non-hydrogen) atoms. The molecule has 0 spiro atoms. The van der Waals surface area contributed by atoms with E-state index in [2.05, 4.69) is 12.2 Å². The second kappa shape index (κ2) is 11.1. The zero-order chi connectivity index (χ0) is 15.3. The van der Waals surface area contributed by atoms with E-state index in [4.69, 9.17) is 9.47 Å². The zero-order valence-electron chi connectivity index (χ0n) is 13.2. The van der Waals surface area contributed by atoms with Crippen LogP contribution in [0.1, 0.15) is 49.4 Å². The molecule has 0 aliphatic rings. The molecule has 0 aromatic heterocycles. The zero-order valence-corrected chi connectivity index (χ0v) is 13.2. The Hall–Kier alpha value is -1.55. The summed E-state index contributed by atoms with van der Waals surface area (Å²) in [7, 11) is 1.66. The van der Waals surface area contributed by atoms with Crippen molar-refractivity contribution in [1.82, 2.24) is 5.32 Å². The Bertz CT molecular complexity index is 390. The van der Waals surface area contributed by atoms with Crippen molar-refractivity contribution in [3.05, 3.63) is 29.8 Å². The van der Waals surface area contributed by atoms with E-state index in [1.54, 1.807) is 19.2 Å². The molecule has 0 unspecified atom stereocenters. The number of unbranched alkanes of at least 4 members (excludes halogenated alkanes) is 3. The van der Waals surface area contributed by atoms with Gasteiger partial charge >= 0.3 is 0 Å². The van der Waals surface area contributed by atoms with Crippen LogP contribution in [0.4, 0.5) is 0 Å². The van der Waals surface area contributed by atoms with Crippen LogP contribution in [0.15, 0.2) is 24.3 Å². The number of carbonyl (C=O) groups is 1. The summed E-state index contributed by atoms with van der Waals surface area (Å²) in [5.41, 5.74) is 0.658. The van der Waals surface area contributed by atoms with Gasteiger partial charge in [0.15, 0.2) is 0 Å². The summed E-state index contributed by atoms with van der Waals surface area (Å²) in [6, 6.07) is 7.30. The topological polar surface area (TPSA) is 47.6 Å². The van der Waals surface area contributed by atoms with Gasteiger partial charge in [0.1, 0.15) is 5.75 Å². The first kappa shape index (κ1) is 17.5. The number of methoxy groups -OCH3 is 1. The van der Waals surface area contributed by atoms with E-state index < -0.39 is 0 Å². The number of nitrogens with one attached hydrogen (secondary N) is 1. The first-order valence-electron chi connectivity index (χ1n) is 7.78. The van der Waals surface area contributed by atoms with Gasteiger partial charge in [-0.15, -0.1) is 0 Å². The lowest BCUT2D eigenvalue weighted by Crippen LogP contribution is -2.25. The molecule has 0 aliphatic carbocycles. The van der Waals surface area contributed by atoms with Gasteiger partial charge in [-0.25, -0.2) is 0 Å². The van der Waals surface area contributed by atoms with Crippen LogP contribution in [-0.2, 0) is 4.74 Å². The van der Waals surface area contributed by atoms with E-state index in [0.29, 0.717) is 18.7 Å². The predicted octanol–water partition coefficient (Wildman–Crippen LogP) is 3.41. The lowest BCUT2D eigenvalue weighted by Gasteiger charge is -2.08. The molecule has 0 aliphatic heterocycles. The summed E-state index contributed by atoms with van der Waals surface area (Å²) in [6.07, 6.45) is 5.59. The van der Waals surface area contributed by atoms with E-state index in [-0.39, 0.29) is 5.91 Å². The molecule has 0 heterocycles. The van der Waals surface area contributed by atoms with Crippen molar-refractivity contribution in [2.45, 2.75) is 39.0 Å². The van der Waals surface area contributed by atoms with E-state index in [9.17, 15) is 4.79 Å². The van der Waals surface area contributed by atoms with Gasteiger partial charge in [-0.1, -0.05) is 26.2 Å². The summed E-state index contributed by atoms with van der Waals surface area (Å²) in [5.74, 6) is 0.767. The van der Waals surface area contributed by atoms with Gasteiger partial charge in [0.2, 0.25) is 0 Å². The van der Waals surface area contributed by atoms with Crippen LogP contribution in [0.25, 0.3) is 0 Å². The van der Waals surface area contributed by atoms with E-state index >= 15 is 0 Å². The van der Waals surface area contributed by atoms with Crippen LogP contribution in [-0.4, -0.2) is 32.8 Å². The molecule has 1 aromatic rings. The van der Waals surface area contributed by atoms with Crippen molar-refractivity contribution < 1.29 is 14.3 Å². The molecule has 0 radical (unpaired) electrons. The van der Waals surface area contributed by atoms with Gasteiger partial charge < -0.3 is 14.8 Å². The Morgan fingerprint density at radius 3 is 2.48 bits per heavy atom. The summed E-state index contributed by atoms with van der Waals surface area (Å²) < 4.78 is 10.6. The fraction of sp³-hybridized carbons (Fsp3) is 0.588. The minimum atomic E-state index is -0.0550. The predicted molar refractivity (Wildman–Crippen MR) is 84.9 cm³/mol. The molecule has 0 fully saturated rings. The lowest BCUT2D eigenvalue weighted by molar-refractivity contribution is 0.0948. The molecule has 1 rings (SSSR count). The van der Waals surface area contributed by atoms with Crippen molar-refractivity contribution in [3.63, 3.8) is 0 Å². The van der Waals surface area contributed by atoms with Gasteiger partial charge in [-0.2, -0.15) is 0 Å². The summed E-state index contributed by atoms with van der Waals surface area (Å²) in [6.45, 7) is 4.22. The molecule has 0 atom stereocenters. The molecule has 0 bridgehead atoms. The fourth-order valence-electron chi connectivity index (χ4n) is 1.94. The van der Waals surface area contributed by atoms with Crippen molar-refractivity contribution in [2.75, 3.05) is 26.9 Å². The molecular formula is C17H27NO3. The third-order valence-electron chi connectivity index (χ3n) is 3.19. The van der Waals surface area contributed by atoms with Gasteiger partial charge in [0.05, 0.1) is 6.61 Å². The third kappa shape index (κ3) is 7.71. The number of rotatable bonds is 11. The van der Waals surface area contributed by atoms with E-state index in [0.717, 1.165) is 25.2 Å².